The topological polar surface area (TPSA) is 49.4 Å². The van der Waals surface area contributed by atoms with E-state index in [0.717, 1.165) is 0 Å². The third kappa shape index (κ3) is 2.94. The summed E-state index contributed by atoms with van der Waals surface area (Å²) in [5.74, 6) is 0. The maximum absolute atomic E-state index is 3.00. The van der Waals surface area contributed by atoms with Crippen LogP contribution in [0.15, 0.2) is 20.6 Å². The Balaban J connectivity index is 3.17. The minimum Gasteiger partial charge on any atom is -0.145 e. The summed E-state index contributed by atoms with van der Waals surface area (Å²) >= 11 is 0. The van der Waals surface area contributed by atoms with Crippen LogP contribution in [-0.2, 0) is 0 Å². The second kappa shape index (κ2) is 3.94. The Morgan fingerprint density at radius 1 is 0.833 bits per heavy atom. The minimum absolute atomic E-state index is 3.00. The van der Waals surface area contributed by atoms with Gasteiger partial charge in [0.1, 0.15) is 0 Å². The Bertz CT molecular complexity index is 63.6. The van der Waals surface area contributed by atoms with Gasteiger partial charge >= 0.3 is 0 Å². The molecule has 0 aromatic rings. The molecule has 0 bridgehead atoms. The van der Waals surface area contributed by atoms with E-state index in [1.165, 1.54) is 0 Å². The van der Waals surface area contributed by atoms with Crippen LogP contribution in [0.2, 0.25) is 0 Å². The van der Waals surface area contributed by atoms with Crippen LogP contribution >= 0.6 is 0 Å². The molecule has 0 heterocycles. The molecule has 4 heteroatoms. The fourth-order valence-corrected chi connectivity index (χ4v) is 0.0566. The van der Waals surface area contributed by atoms with E-state index in [0.29, 0.717) is 0 Å². The van der Waals surface area contributed by atoms with Gasteiger partial charge in [-0.2, -0.15) is 0 Å². The molecule has 32 valence electrons. The molecule has 0 aromatic carbocycles. The lowest BCUT2D eigenvalue weighted by Gasteiger charge is -1.60. The first-order valence-corrected chi connectivity index (χ1v) is 1.23. The Hall–Kier alpha value is -1.06. The van der Waals surface area contributed by atoms with Crippen LogP contribution in [0.5, 0.6) is 0 Å². The lowest BCUT2D eigenvalue weighted by atomic mass is 11.7. The van der Waals surface area contributed by atoms with Crippen LogP contribution < -0.4 is 0 Å². The molecule has 0 aromatic heterocycles. The molecule has 0 rings (SSSR count). The zero-order chi connectivity index (χ0) is 4.83. The highest BCUT2D eigenvalue weighted by molar-refractivity contribution is 5.23. The number of nitrogens with zero attached hydrogens (tertiary/aromatic N) is 4. The van der Waals surface area contributed by atoms with Crippen molar-refractivity contribution in [3.05, 3.63) is 0 Å². The molecule has 6 heavy (non-hydrogen) atoms. The summed E-state index contributed by atoms with van der Waals surface area (Å²) in [6.45, 7) is 6.00. The van der Waals surface area contributed by atoms with E-state index in [-0.39, 0.29) is 0 Å². The maximum atomic E-state index is 3.00. The molecule has 0 spiro atoms. The van der Waals surface area contributed by atoms with Gasteiger partial charge in [-0.05, 0) is 10.4 Å². The van der Waals surface area contributed by atoms with E-state index < -0.39 is 0 Å². The quantitative estimate of drug-likeness (QED) is 0.268. The van der Waals surface area contributed by atoms with E-state index in [9.17, 15) is 0 Å². The smallest absolute Gasteiger partial charge is 0.0151 e. The predicted octanol–water partition coefficient (Wildman–Crippen LogP) is 0.670. The number of rotatable bonds is 2. The lowest BCUT2D eigenvalue weighted by molar-refractivity contribution is 0.972. The van der Waals surface area contributed by atoms with Gasteiger partial charge in [0.2, 0.25) is 0 Å². The van der Waals surface area contributed by atoms with Gasteiger partial charge in [0.25, 0.3) is 0 Å². The fraction of sp³-hybridized carbons (Fsp3) is 0. The molecular weight excluding hydrogens is 80.0 g/mol. The van der Waals surface area contributed by atoms with Gasteiger partial charge in [0.15, 0.2) is 0 Å². The first-order valence-electron chi connectivity index (χ1n) is 1.23. The highest BCUT2D eigenvalue weighted by atomic mass is 15.5. The Kier molecular flexibility index (Phi) is 3.24. The van der Waals surface area contributed by atoms with Crippen molar-refractivity contribution in [2.75, 3.05) is 0 Å². The normalized spacial score (nSPS) is 8.67. The summed E-state index contributed by atoms with van der Waals surface area (Å²) < 4.78 is 0. The van der Waals surface area contributed by atoms with Crippen molar-refractivity contribution in [2.24, 2.45) is 20.6 Å². The molecule has 0 saturated heterocycles. The SMILES string of the molecule is C=NN=NN=C. The molecule has 0 N–H and O–H groups in total. The summed E-state index contributed by atoms with van der Waals surface area (Å²) in [6.07, 6.45) is 0. The zero-order valence-electron chi connectivity index (χ0n) is 3.20. The van der Waals surface area contributed by atoms with Crippen molar-refractivity contribution in [3.63, 3.8) is 0 Å². The van der Waals surface area contributed by atoms with E-state index in [4.69, 9.17) is 0 Å². The van der Waals surface area contributed by atoms with Crippen molar-refractivity contribution in [2.45, 2.75) is 0 Å². The molecule has 0 saturated carbocycles. The van der Waals surface area contributed by atoms with Gasteiger partial charge in [-0.1, -0.05) is 0 Å². The monoisotopic (exact) mass is 84.0 g/mol. The molecule has 0 aliphatic rings. The summed E-state index contributed by atoms with van der Waals surface area (Å²) in [6, 6.07) is 0. The average Bonchev–Trinajstić information content (AvgIpc) is 1.61. The van der Waals surface area contributed by atoms with Gasteiger partial charge in [-0.15, -0.1) is 10.2 Å². The first-order chi connectivity index (χ1) is 2.91. The number of hydrogen-bond donors (Lipinski definition) is 0. The summed E-state index contributed by atoms with van der Waals surface area (Å²) in [5.41, 5.74) is 0. The van der Waals surface area contributed by atoms with Crippen LogP contribution in [0.1, 0.15) is 0 Å². The van der Waals surface area contributed by atoms with Crippen molar-refractivity contribution in [1.82, 2.24) is 0 Å². The first kappa shape index (κ1) is 4.94. The standard InChI is InChI=1S/C2H4N4/c1-3-5-6-4-2/h1-2H2. The van der Waals surface area contributed by atoms with Crippen molar-refractivity contribution in [1.29, 1.82) is 0 Å². The summed E-state index contributed by atoms with van der Waals surface area (Å²) in [4.78, 5) is 0. The van der Waals surface area contributed by atoms with Crippen LogP contribution in [0.3, 0.4) is 0 Å². The third-order valence-electron chi connectivity index (χ3n) is 0.166. The molecule has 0 amide bonds. The number of hydrogen-bond acceptors (Lipinski definition) is 2. The molecule has 4 nitrogen and oxygen atoms in total. The predicted molar refractivity (Wildman–Crippen MR) is 24.0 cm³/mol. The van der Waals surface area contributed by atoms with E-state index >= 15 is 0 Å². The molecule has 0 radical (unpaired) electrons. The molecule has 0 aliphatic carbocycles. The highest BCUT2D eigenvalue weighted by Gasteiger charge is 1.47. The third-order valence-corrected chi connectivity index (χ3v) is 0.166. The highest BCUT2D eigenvalue weighted by Crippen LogP contribution is 1.69. The van der Waals surface area contributed by atoms with Gasteiger partial charge in [0, 0.05) is 13.4 Å². The van der Waals surface area contributed by atoms with E-state index in [1.807, 2.05) is 0 Å². The van der Waals surface area contributed by atoms with Crippen LogP contribution in [0, 0.1) is 0 Å². The Labute approximate surface area is 35.3 Å². The Morgan fingerprint density at radius 3 is 1.33 bits per heavy atom. The summed E-state index contributed by atoms with van der Waals surface area (Å²) in [7, 11) is 0. The van der Waals surface area contributed by atoms with Crippen LogP contribution in [-0.4, -0.2) is 13.4 Å². The molecular formula is C2H4N4. The second-order valence-electron chi connectivity index (χ2n) is 0.462. The Morgan fingerprint density at radius 2 is 1.17 bits per heavy atom. The molecule has 0 atom stereocenters. The van der Waals surface area contributed by atoms with Gasteiger partial charge < -0.3 is 0 Å². The zero-order valence-corrected chi connectivity index (χ0v) is 3.20. The van der Waals surface area contributed by atoms with E-state index in [1.54, 1.807) is 0 Å². The summed E-state index contributed by atoms with van der Waals surface area (Å²) in [5, 5.41) is 12.0. The lowest BCUT2D eigenvalue weighted by Crippen LogP contribution is -1.40. The van der Waals surface area contributed by atoms with Crippen molar-refractivity contribution < 1.29 is 0 Å². The molecule has 0 fully saturated rings. The van der Waals surface area contributed by atoms with Crippen molar-refractivity contribution in [3.8, 4) is 0 Å². The van der Waals surface area contributed by atoms with Crippen LogP contribution in [0.4, 0.5) is 0 Å². The van der Waals surface area contributed by atoms with Crippen LogP contribution in [0.25, 0.3) is 0 Å². The molecule has 0 aliphatic heterocycles. The minimum atomic E-state index is 3.00. The second-order valence-corrected chi connectivity index (χ2v) is 0.462. The largest absolute Gasteiger partial charge is 0.145 e. The maximum Gasteiger partial charge on any atom is 0.0151 e. The average molecular weight is 84.1 g/mol. The molecule has 0 unspecified atom stereocenters. The van der Waals surface area contributed by atoms with E-state index in [2.05, 4.69) is 34.1 Å². The fourth-order valence-electron chi connectivity index (χ4n) is 0.0566. The van der Waals surface area contributed by atoms with Gasteiger partial charge in [-0.3, -0.25) is 0 Å². The van der Waals surface area contributed by atoms with Gasteiger partial charge in [0.05, 0.1) is 0 Å². The van der Waals surface area contributed by atoms with Gasteiger partial charge in [-0.25, -0.2) is 0 Å². The van der Waals surface area contributed by atoms with Crippen molar-refractivity contribution >= 4 is 13.4 Å².